The molecule has 7 heteroatoms. The third-order valence-electron chi connectivity index (χ3n) is 5.84. The highest BCUT2D eigenvalue weighted by atomic mass is 19.1. The molecule has 150 valence electrons. The summed E-state index contributed by atoms with van der Waals surface area (Å²) in [6.07, 6.45) is 10.6. The minimum atomic E-state index is -0.947. The fraction of sp³-hybridized carbons (Fsp3) is 0.364. The Morgan fingerprint density at radius 2 is 2.21 bits per heavy atom. The first-order chi connectivity index (χ1) is 14.0. The van der Waals surface area contributed by atoms with Crippen LogP contribution in [0.25, 0.3) is 23.0 Å². The Morgan fingerprint density at radius 1 is 1.34 bits per heavy atom. The lowest BCUT2D eigenvalue weighted by Crippen LogP contribution is -2.26. The predicted molar refractivity (Wildman–Crippen MR) is 109 cm³/mol. The van der Waals surface area contributed by atoms with Crippen LogP contribution in [-0.4, -0.2) is 36.0 Å². The molecular formula is C22H24FN5O. The molecule has 29 heavy (non-hydrogen) atoms. The maximum absolute atomic E-state index is 14.4. The molecule has 1 fully saturated rings. The highest BCUT2D eigenvalue weighted by molar-refractivity contribution is 5.68. The molecule has 2 atom stereocenters. The molecule has 1 aliphatic carbocycles. The summed E-state index contributed by atoms with van der Waals surface area (Å²) >= 11 is 0. The third-order valence-corrected chi connectivity index (χ3v) is 5.84. The van der Waals surface area contributed by atoms with Gasteiger partial charge in [-0.05, 0) is 48.5 Å². The summed E-state index contributed by atoms with van der Waals surface area (Å²) in [5, 5.41) is 18.7. The van der Waals surface area contributed by atoms with Crippen LogP contribution in [0, 0.1) is 5.41 Å². The van der Waals surface area contributed by atoms with Gasteiger partial charge in [-0.2, -0.15) is 0 Å². The van der Waals surface area contributed by atoms with Crippen LogP contribution in [0.2, 0.25) is 0 Å². The number of aromatic nitrogens is 5. The molecule has 0 amide bonds. The van der Waals surface area contributed by atoms with E-state index in [-0.39, 0.29) is 11.2 Å². The Bertz CT molecular complexity index is 1020. The van der Waals surface area contributed by atoms with Gasteiger partial charge in [-0.1, -0.05) is 20.3 Å². The van der Waals surface area contributed by atoms with Gasteiger partial charge in [-0.25, -0.2) is 14.4 Å². The average molecular weight is 393 g/mol. The Hall–Kier alpha value is -3.09. The fourth-order valence-corrected chi connectivity index (χ4v) is 3.74. The Kier molecular flexibility index (Phi) is 5.13. The second-order valence-corrected chi connectivity index (χ2v) is 7.94. The molecule has 1 saturated carbocycles. The average Bonchev–Trinajstić information content (AvgIpc) is 3.27. The van der Waals surface area contributed by atoms with Crippen molar-refractivity contribution in [2.45, 2.75) is 45.7 Å². The van der Waals surface area contributed by atoms with E-state index in [0.29, 0.717) is 29.9 Å². The maximum atomic E-state index is 14.4. The minimum absolute atomic E-state index is 0.0771. The molecule has 0 saturated heterocycles. The van der Waals surface area contributed by atoms with Gasteiger partial charge < -0.3 is 9.67 Å². The zero-order valence-electron chi connectivity index (χ0n) is 16.6. The topological polar surface area (TPSA) is 76.7 Å². The molecule has 0 unspecified atom stereocenters. The van der Waals surface area contributed by atoms with Crippen LogP contribution in [0.3, 0.4) is 0 Å². The smallest absolute Gasteiger partial charge is 0.174 e. The van der Waals surface area contributed by atoms with Crippen LogP contribution in [0.5, 0.6) is 5.75 Å². The summed E-state index contributed by atoms with van der Waals surface area (Å²) in [5.41, 5.74) is 2.65. The van der Waals surface area contributed by atoms with Crippen LogP contribution in [0.15, 0.2) is 48.7 Å². The van der Waals surface area contributed by atoms with Gasteiger partial charge in [0.15, 0.2) is 5.82 Å². The van der Waals surface area contributed by atoms with Crippen molar-refractivity contribution in [1.29, 1.82) is 0 Å². The van der Waals surface area contributed by atoms with E-state index in [0.717, 1.165) is 24.1 Å². The molecule has 4 rings (SSSR count). The van der Waals surface area contributed by atoms with Crippen molar-refractivity contribution in [2.75, 3.05) is 0 Å². The fourth-order valence-electron chi connectivity index (χ4n) is 3.74. The first kappa shape index (κ1) is 19.2. The van der Waals surface area contributed by atoms with Crippen molar-refractivity contribution in [1.82, 2.24) is 24.7 Å². The van der Waals surface area contributed by atoms with Gasteiger partial charge in [0.05, 0.1) is 18.2 Å². The Balaban J connectivity index is 1.57. The van der Waals surface area contributed by atoms with Gasteiger partial charge in [0, 0.05) is 24.0 Å². The van der Waals surface area contributed by atoms with E-state index < -0.39 is 6.17 Å². The minimum Gasteiger partial charge on any atom is -0.507 e. The van der Waals surface area contributed by atoms with E-state index in [9.17, 15) is 9.50 Å². The largest absolute Gasteiger partial charge is 0.507 e. The summed E-state index contributed by atoms with van der Waals surface area (Å²) in [5.74, 6) is 0.467. The molecule has 6 nitrogen and oxygen atoms in total. The maximum Gasteiger partial charge on any atom is 0.174 e. The van der Waals surface area contributed by atoms with Crippen molar-refractivity contribution in [3.8, 4) is 22.7 Å². The van der Waals surface area contributed by atoms with Crippen molar-refractivity contribution in [2.24, 2.45) is 5.41 Å². The molecule has 2 aromatic heterocycles. The van der Waals surface area contributed by atoms with Crippen LogP contribution < -0.4 is 0 Å². The molecule has 1 aliphatic rings. The van der Waals surface area contributed by atoms with Gasteiger partial charge in [-0.3, -0.25) is 0 Å². The number of allylic oxidation sites excluding steroid dienone is 1. The van der Waals surface area contributed by atoms with Gasteiger partial charge in [0.2, 0.25) is 0 Å². The third kappa shape index (κ3) is 4.04. The number of imidazole rings is 1. The second kappa shape index (κ2) is 7.73. The number of alkyl halides is 1. The number of benzene rings is 1. The number of rotatable bonds is 4. The van der Waals surface area contributed by atoms with E-state index in [2.05, 4.69) is 34.0 Å². The summed E-state index contributed by atoms with van der Waals surface area (Å²) in [4.78, 5) is 8.33. The van der Waals surface area contributed by atoms with Crippen molar-refractivity contribution in [3.05, 3.63) is 54.5 Å². The lowest BCUT2D eigenvalue weighted by molar-refractivity contribution is 0.186. The van der Waals surface area contributed by atoms with Gasteiger partial charge in [0.1, 0.15) is 17.6 Å². The molecule has 0 radical (unpaired) electrons. The first-order valence-electron chi connectivity index (χ1n) is 9.83. The Morgan fingerprint density at radius 3 is 2.86 bits per heavy atom. The summed E-state index contributed by atoms with van der Waals surface area (Å²) in [6.45, 7) is 4.35. The van der Waals surface area contributed by atoms with E-state index in [4.69, 9.17) is 0 Å². The predicted octanol–water partition coefficient (Wildman–Crippen LogP) is 4.75. The molecule has 0 bridgehead atoms. The van der Waals surface area contributed by atoms with E-state index in [1.165, 1.54) is 0 Å². The van der Waals surface area contributed by atoms with E-state index >= 15 is 0 Å². The number of halogens is 1. The molecule has 0 spiro atoms. The van der Waals surface area contributed by atoms with Crippen LogP contribution in [0.4, 0.5) is 4.39 Å². The molecule has 0 aliphatic heterocycles. The number of hydrogen-bond donors (Lipinski definition) is 1. The standard InChI is InChI=1S/C22H24FN5O/c1-3-22(2)7-6-18(23)15(12-22)10-21-25-13-19(26-27-21)17-5-4-16(11-20(17)29)28-9-8-24-14-28/h4-5,8-11,13-14,18,29H,3,6-7,12H2,1-2H3/b15-10-/t18-,22+/m1/s1. The van der Waals surface area contributed by atoms with E-state index in [1.807, 2.05) is 6.07 Å². The highest BCUT2D eigenvalue weighted by Gasteiger charge is 2.33. The van der Waals surface area contributed by atoms with Crippen molar-refractivity contribution >= 4 is 6.08 Å². The first-order valence-corrected chi connectivity index (χ1v) is 9.83. The highest BCUT2D eigenvalue weighted by Crippen LogP contribution is 2.42. The van der Waals surface area contributed by atoms with Gasteiger partial charge >= 0.3 is 0 Å². The summed E-state index contributed by atoms with van der Waals surface area (Å²) < 4.78 is 16.2. The number of hydrogen-bond acceptors (Lipinski definition) is 5. The number of phenolic OH excluding ortho intramolecular Hbond substituents is 1. The molecule has 1 aromatic carbocycles. The quantitative estimate of drug-likeness (QED) is 0.692. The monoisotopic (exact) mass is 393 g/mol. The molecule has 1 N–H and O–H groups in total. The SMILES string of the molecule is CC[C@@]1(C)CC[C@@H](F)/C(=C\c2ncc(-c3ccc(-n4ccnc4)cc3O)nn2)C1. The number of aromatic hydroxyl groups is 1. The van der Waals surface area contributed by atoms with Gasteiger partial charge in [0.25, 0.3) is 0 Å². The molecular weight excluding hydrogens is 369 g/mol. The van der Waals surface area contributed by atoms with Crippen molar-refractivity contribution in [3.63, 3.8) is 0 Å². The lowest BCUT2D eigenvalue weighted by atomic mass is 9.71. The normalized spacial score (nSPS) is 23.4. The van der Waals surface area contributed by atoms with Gasteiger partial charge in [-0.15, -0.1) is 10.2 Å². The zero-order valence-corrected chi connectivity index (χ0v) is 16.6. The van der Waals surface area contributed by atoms with Crippen LogP contribution >= 0.6 is 0 Å². The molecule has 3 aromatic rings. The Labute approximate surface area is 169 Å². The molecule has 2 heterocycles. The van der Waals surface area contributed by atoms with Crippen LogP contribution in [-0.2, 0) is 0 Å². The second-order valence-electron chi connectivity index (χ2n) is 7.94. The lowest BCUT2D eigenvalue weighted by Gasteiger charge is -2.35. The summed E-state index contributed by atoms with van der Waals surface area (Å²) in [7, 11) is 0. The zero-order chi connectivity index (χ0) is 20.4. The summed E-state index contributed by atoms with van der Waals surface area (Å²) in [6, 6.07) is 5.26. The van der Waals surface area contributed by atoms with Crippen LogP contribution in [0.1, 0.15) is 45.4 Å². The number of nitrogens with zero attached hydrogens (tertiary/aromatic N) is 5. The van der Waals surface area contributed by atoms with Crippen molar-refractivity contribution < 1.29 is 9.50 Å². The number of phenols is 1. The van der Waals surface area contributed by atoms with E-state index in [1.54, 1.807) is 47.7 Å².